The Labute approximate surface area is 168 Å². The zero-order chi connectivity index (χ0) is 19.6. The van der Waals surface area contributed by atoms with E-state index in [0.717, 1.165) is 25.2 Å². The number of carbonyl (C=O) groups excluding carboxylic acids is 2. The van der Waals surface area contributed by atoms with E-state index in [-0.39, 0.29) is 17.4 Å². The third-order valence-corrected chi connectivity index (χ3v) is 7.01. The lowest BCUT2D eigenvalue weighted by Crippen LogP contribution is -2.60. The fourth-order valence-corrected chi connectivity index (χ4v) is 5.51. The summed E-state index contributed by atoms with van der Waals surface area (Å²) >= 11 is 0. The largest absolute Gasteiger partial charge is 0.342 e. The first kappa shape index (κ1) is 19.4. The van der Waals surface area contributed by atoms with Crippen molar-refractivity contribution in [3.05, 3.63) is 35.4 Å². The van der Waals surface area contributed by atoms with E-state index in [9.17, 15) is 9.59 Å². The third-order valence-electron chi connectivity index (χ3n) is 7.01. The van der Waals surface area contributed by atoms with E-state index in [1.165, 1.54) is 51.4 Å². The summed E-state index contributed by atoms with van der Waals surface area (Å²) in [6, 6.07) is 7.16. The normalized spacial score (nSPS) is 24.9. The van der Waals surface area contributed by atoms with Gasteiger partial charge in [0.15, 0.2) is 0 Å². The zero-order valence-electron chi connectivity index (χ0n) is 17.1. The van der Waals surface area contributed by atoms with Crippen molar-refractivity contribution in [3.63, 3.8) is 0 Å². The number of rotatable bonds is 4. The summed E-state index contributed by atoms with van der Waals surface area (Å²) in [7, 11) is 1.93. The van der Waals surface area contributed by atoms with Crippen LogP contribution in [-0.2, 0) is 11.2 Å². The first-order valence-corrected chi connectivity index (χ1v) is 11.0. The third kappa shape index (κ3) is 3.82. The van der Waals surface area contributed by atoms with Gasteiger partial charge in [-0.15, -0.1) is 0 Å². The molecule has 1 N–H and O–H groups in total. The van der Waals surface area contributed by atoms with Crippen molar-refractivity contribution in [2.45, 2.75) is 69.4 Å². The SMILES string of the molecule is CN(CC1(N2CCCCC2)CCCCC1)C(=O)[C@H]1Cc2ccccc2C(=O)N1. The molecule has 2 amide bonds. The molecule has 1 atom stereocenters. The number of likely N-dealkylation sites (N-methyl/N-ethyl adjacent to an activating group) is 1. The fraction of sp³-hybridized carbons (Fsp3) is 0.652. The summed E-state index contributed by atoms with van der Waals surface area (Å²) in [4.78, 5) is 30.3. The van der Waals surface area contributed by atoms with E-state index >= 15 is 0 Å². The lowest BCUT2D eigenvalue weighted by molar-refractivity contribution is -0.134. The number of nitrogens with zero attached hydrogens (tertiary/aromatic N) is 2. The number of benzene rings is 1. The number of piperidine rings is 1. The Hall–Kier alpha value is -1.88. The molecule has 1 aromatic rings. The molecular formula is C23H33N3O2. The van der Waals surface area contributed by atoms with Gasteiger partial charge in [-0.3, -0.25) is 14.5 Å². The molecule has 5 heteroatoms. The van der Waals surface area contributed by atoms with Gasteiger partial charge < -0.3 is 10.2 Å². The monoisotopic (exact) mass is 383 g/mol. The number of amides is 2. The van der Waals surface area contributed by atoms with Crippen LogP contribution in [0.3, 0.4) is 0 Å². The molecule has 0 aromatic heterocycles. The molecule has 2 aliphatic heterocycles. The lowest BCUT2D eigenvalue weighted by atomic mass is 9.78. The van der Waals surface area contributed by atoms with Gasteiger partial charge in [-0.1, -0.05) is 43.9 Å². The van der Waals surface area contributed by atoms with Gasteiger partial charge >= 0.3 is 0 Å². The maximum atomic E-state index is 13.2. The van der Waals surface area contributed by atoms with E-state index in [1.807, 2.05) is 36.2 Å². The minimum Gasteiger partial charge on any atom is -0.342 e. The molecule has 28 heavy (non-hydrogen) atoms. The van der Waals surface area contributed by atoms with Gasteiger partial charge in [0.05, 0.1) is 0 Å². The standard InChI is InChI=1S/C23H33N3O2/c1-25(17-23(12-6-2-7-13-23)26-14-8-3-9-15-26)22(28)20-16-18-10-4-5-11-19(18)21(27)24-20/h4-5,10-11,20H,2-3,6-9,12-17H2,1H3,(H,24,27)/t20-/m1/s1. The van der Waals surface area contributed by atoms with Crippen LogP contribution >= 0.6 is 0 Å². The van der Waals surface area contributed by atoms with Crippen LogP contribution in [0, 0.1) is 0 Å². The summed E-state index contributed by atoms with van der Waals surface area (Å²) < 4.78 is 0. The van der Waals surface area contributed by atoms with Gasteiger partial charge in [-0.05, 0) is 50.4 Å². The number of hydrogen-bond acceptors (Lipinski definition) is 3. The molecule has 1 saturated carbocycles. The zero-order valence-corrected chi connectivity index (χ0v) is 17.1. The Morgan fingerprint density at radius 3 is 2.54 bits per heavy atom. The highest BCUT2D eigenvalue weighted by Crippen LogP contribution is 2.36. The van der Waals surface area contributed by atoms with E-state index in [0.29, 0.717) is 12.0 Å². The molecule has 0 unspecified atom stereocenters. The smallest absolute Gasteiger partial charge is 0.252 e. The van der Waals surface area contributed by atoms with Gasteiger partial charge in [0.25, 0.3) is 5.91 Å². The minimum atomic E-state index is -0.450. The van der Waals surface area contributed by atoms with Crippen LogP contribution in [0.1, 0.15) is 67.3 Å². The predicted molar refractivity (Wildman–Crippen MR) is 110 cm³/mol. The number of fused-ring (bicyclic) bond motifs is 1. The maximum Gasteiger partial charge on any atom is 0.252 e. The first-order chi connectivity index (χ1) is 13.6. The molecule has 5 nitrogen and oxygen atoms in total. The molecule has 2 heterocycles. The molecular weight excluding hydrogens is 350 g/mol. The molecule has 152 valence electrons. The molecule has 1 aromatic carbocycles. The lowest BCUT2D eigenvalue weighted by Gasteiger charge is -2.50. The molecule has 0 bridgehead atoms. The van der Waals surface area contributed by atoms with Crippen LogP contribution in [-0.4, -0.2) is 59.9 Å². The predicted octanol–water partition coefficient (Wildman–Crippen LogP) is 2.99. The van der Waals surface area contributed by atoms with Gasteiger partial charge in [0.2, 0.25) is 5.91 Å². The average Bonchev–Trinajstić information content (AvgIpc) is 2.74. The molecule has 0 radical (unpaired) electrons. The molecule has 2 fully saturated rings. The van der Waals surface area contributed by atoms with Crippen molar-refractivity contribution in [2.24, 2.45) is 0 Å². The highest BCUT2D eigenvalue weighted by atomic mass is 16.2. The highest BCUT2D eigenvalue weighted by Gasteiger charge is 2.41. The average molecular weight is 384 g/mol. The number of hydrogen-bond donors (Lipinski definition) is 1. The van der Waals surface area contributed by atoms with Gasteiger partial charge in [-0.2, -0.15) is 0 Å². The Bertz CT molecular complexity index is 720. The highest BCUT2D eigenvalue weighted by molar-refractivity contribution is 6.00. The molecule has 3 aliphatic rings. The van der Waals surface area contributed by atoms with Crippen molar-refractivity contribution in [2.75, 3.05) is 26.7 Å². The summed E-state index contributed by atoms with van der Waals surface area (Å²) in [6.45, 7) is 3.10. The Morgan fingerprint density at radius 1 is 1.11 bits per heavy atom. The molecule has 1 saturated heterocycles. The van der Waals surface area contributed by atoms with E-state index in [2.05, 4.69) is 10.2 Å². The second-order valence-electron chi connectivity index (χ2n) is 8.91. The summed E-state index contributed by atoms with van der Waals surface area (Å²) in [5.74, 6) is -0.0816. The van der Waals surface area contributed by atoms with E-state index in [4.69, 9.17) is 0 Å². The number of carbonyl (C=O) groups is 2. The summed E-state index contributed by atoms with van der Waals surface area (Å²) in [5, 5.41) is 2.94. The van der Waals surface area contributed by atoms with Crippen molar-refractivity contribution in [3.8, 4) is 0 Å². The number of likely N-dealkylation sites (tertiary alicyclic amines) is 1. The van der Waals surface area contributed by atoms with Gasteiger partial charge in [0, 0.05) is 31.1 Å². The molecule has 4 rings (SSSR count). The van der Waals surface area contributed by atoms with Crippen LogP contribution in [0.25, 0.3) is 0 Å². The van der Waals surface area contributed by atoms with Gasteiger partial charge in [-0.25, -0.2) is 0 Å². The fourth-order valence-electron chi connectivity index (χ4n) is 5.51. The number of nitrogens with one attached hydrogen (secondary N) is 1. The quantitative estimate of drug-likeness (QED) is 0.870. The Balaban J connectivity index is 1.47. The van der Waals surface area contributed by atoms with E-state index in [1.54, 1.807) is 0 Å². The summed E-state index contributed by atoms with van der Waals surface area (Å²) in [6.07, 6.45) is 10.6. The van der Waals surface area contributed by atoms with Crippen LogP contribution in [0.5, 0.6) is 0 Å². The van der Waals surface area contributed by atoms with Crippen LogP contribution < -0.4 is 5.32 Å². The minimum absolute atomic E-state index is 0.0461. The van der Waals surface area contributed by atoms with Crippen molar-refractivity contribution >= 4 is 11.8 Å². The topological polar surface area (TPSA) is 52.7 Å². The second kappa shape index (κ2) is 8.24. The molecule has 1 aliphatic carbocycles. The van der Waals surface area contributed by atoms with Gasteiger partial charge in [0.1, 0.15) is 6.04 Å². The maximum absolute atomic E-state index is 13.2. The van der Waals surface area contributed by atoms with Crippen LogP contribution in [0.15, 0.2) is 24.3 Å². The van der Waals surface area contributed by atoms with Crippen molar-refractivity contribution < 1.29 is 9.59 Å². The summed E-state index contributed by atoms with van der Waals surface area (Å²) in [5.41, 5.74) is 1.80. The van der Waals surface area contributed by atoms with Crippen LogP contribution in [0.4, 0.5) is 0 Å². The van der Waals surface area contributed by atoms with E-state index < -0.39 is 6.04 Å². The first-order valence-electron chi connectivity index (χ1n) is 11.0. The second-order valence-corrected chi connectivity index (χ2v) is 8.91. The Morgan fingerprint density at radius 2 is 1.79 bits per heavy atom. The van der Waals surface area contributed by atoms with Crippen LogP contribution in [0.2, 0.25) is 0 Å². The van der Waals surface area contributed by atoms with Crippen molar-refractivity contribution in [1.82, 2.24) is 15.1 Å². The Kier molecular flexibility index (Phi) is 5.72. The molecule has 0 spiro atoms. The van der Waals surface area contributed by atoms with Crippen molar-refractivity contribution in [1.29, 1.82) is 0 Å².